The number of allylic oxidation sites excluding steroid dienone is 2. The van der Waals surface area contributed by atoms with Crippen molar-refractivity contribution in [2.75, 3.05) is 0 Å². The Bertz CT molecular complexity index is 123. The van der Waals surface area contributed by atoms with Gasteiger partial charge in [0.25, 0.3) is 0 Å². The van der Waals surface area contributed by atoms with Gasteiger partial charge < -0.3 is 0 Å². The highest BCUT2D eigenvalue weighted by Crippen LogP contribution is 2.27. The minimum Gasteiger partial charge on any atom is -0.0848 e. The van der Waals surface area contributed by atoms with Crippen molar-refractivity contribution in [2.24, 2.45) is 5.41 Å². The molecule has 0 unspecified atom stereocenters. The highest BCUT2D eigenvalue weighted by Gasteiger charge is 2.13. The lowest BCUT2D eigenvalue weighted by molar-refractivity contribution is 0.485. The van der Waals surface area contributed by atoms with Crippen LogP contribution in [0.15, 0.2) is 11.6 Å². The number of unbranched alkanes of at least 4 members (excludes halogenated alkanes) is 1. The van der Waals surface area contributed by atoms with E-state index in [1.165, 1.54) is 19.3 Å². The maximum Gasteiger partial charge on any atom is -0.0173 e. The van der Waals surface area contributed by atoms with Gasteiger partial charge in [-0.1, -0.05) is 52.7 Å². The number of rotatable bonds is 3. The van der Waals surface area contributed by atoms with E-state index in [9.17, 15) is 0 Å². The monoisotopic (exact) mass is 154 g/mol. The van der Waals surface area contributed by atoms with Gasteiger partial charge >= 0.3 is 0 Å². The summed E-state index contributed by atoms with van der Waals surface area (Å²) in [6.07, 6.45) is 6.10. The molecule has 0 saturated heterocycles. The van der Waals surface area contributed by atoms with Crippen molar-refractivity contribution >= 4 is 0 Å². The Kier molecular flexibility index (Phi) is 4.48. The van der Waals surface area contributed by atoms with E-state index in [1.54, 1.807) is 5.57 Å². The van der Waals surface area contributed by atoms with E-state index in [1.807, 2.05) is 0 Å². The summed E-state index contributed by atoms with van der Waals surface area (Å²) in [7, 11) is 0. The first-order valence-electron chi connectivity index (χ1n) is 4.71. The first-order chi connectivity index (χ1) is 5.02. The Hall–Kier alpha value is -0.260. The zero-order chi connectivity index (χ0) is 8.91. The van der Waals surface area contributed by atoms with E-state index in [-0.39, 0.29) is 0 Å². The summed E-state index contributed by atoms with van der Waals surface area (Å²) in [5.41, 5.74) is 1.98. The highest BCUT2D eigenvalue weighted by molar-refractivity contribution is 5.09. The summed E-state index contributed by atoms with van der Waals surface area (Å²) in [5, 5.41) is 0. The van der Waals surface area contributed by atoms with Crippen LogP contribution in [-0.2, 0) is 0 Å². The Labute approximate surface area is 71.7 Å². The topological polar surface area (TPSA) is 0 Å². The standard InChI is InChI=1S/C11H22/c1-6-8-9-10(7-2)11(3,4)5/h9H,6-8H2,1-5H3/b10-9+. The Morgan fingerprint density at radius 1 is 1.18 bits per heavy atom. The average Bonchev–Trinajstić information content (AvgIpc) is 1.87. The molecule has 0 aromatic heterocycles. The molecule has 0 radical (unpaired) electrons. The Balaban J connectivity index is 4.16. The molecule has 0 heterocycles. The molecule has 0 saturated carbocycles. The second kappa shape index (κ2) is 4.58. The molecular weight excluding hydrogens is 132 g/mol. The van der Waals surface area contributed by atoms with Gasteiger partial charge in [0.2, 0.25) is 0 Å². The van der Waals surface area contributed by atoms with Gasteiger partial charge in [0.05, 0.1) is 0 Å². The molecule has 0 N–H and O–H groups in total. The van der Waals surface area contributed by atoms with Gasteiger partial charge in [-0.05, 0) is 18.3 Å². The van der Waals surface area contributed by atoms with Crippen LogP contribution in [0.1, 0.15) is 53.9 Å². The van der Waals surface area contributed by atoms with Crippen LogP contribution in [-0.4, -0.2) is 0 Å². The summed E-state index contributed by atoms with van der Waals surface area (Å²) in [6.45, 7) is 11.3. The molecule has 0 rings (SSSR count). The van der Waals surface area contributed by atoms with Crippen molar-refractivity contribution in [3.8, 4) is 0 Å². The summed E-state index contributed by atoms with van der Waals surface area (Å²) in [4.78, 5) is 0. The van der Waals surface area contributed by atoms with Crippen LogP contribution in [0, 0.1) is 5.41 Å². The minimum absolute atomic E-state index is 0.379. The van der Waals surface area contributed by atoms with Crippen molar-refractivity contribution in [2.45, 2.75) is 53.9 Å². The largest absolute Gasteiger partial charge is 0.0848 e. The SMILES string of the molecule is CCC/C=C(\CC)C(C)(C)C. The summed E-state index contributed by atoms with van der Waals surface area (Å²) >= 11 is 0. The highest BCUT2D eigenvalue weighted by atomic mass is 14.2. The summed E-state index contributed by atoms with van der Waals surface area (Å²) in [6, 6.07) is 0. The minimum atomic E-state index is 0.379. The van der Waals surface area contributed by atoms with Crippen LogP contribution in [0.4, 0.5) is 0 Å². The van der Waals surface area contributed by atoms with Crippen LogP contribution < -0.4 is 0 Å². The predicted octanol–water partition coefficient (Wildman–Crippen LogP) is 4.17. The molecule has 0 heteroatoms. The predicted molar refractivity (Wildman–Crippen MR) is 52.7 cm³/mol. The van der Waals surface area contributed by atoms with E-state index in [2.05, 4.69) is 40.7 Å². The molecule has 0 aliphatic heterocycles. The lowest BCUT2D eigenvalue weighted by Gasteiger charge is -2.22. The van der Waals surface area contributed by atoms with E-state index in [0.29, 0.717) is 5.41 Å². The average molecular weight is 154 g/mol. The van der Waals surface area contributed by atoms with Gasteiger partial charge in [0.1, 0.15) is 0 Å². The molecule has 0 fully saturated rings. The maximum atomic E-state index is 2.40. The first-order valence-corrected chi connectivity index (χ1v) is 4.71. The molecule has 11 heavy (non-hydrogen) atoms. The van der Waals surface area contributed by atoms with Gasteiger partial charge in [0.15, 0.2) is 0 Å². The third-order valence-corrected chi connectivity index (χ3v) is 2.02. The fourth-order valence-electron chi connectivity index (χ4n) is 1.30. The molecule has 0 atom stereocenters. The molecule has 0 aromatic rings. The summed E-state index contributed by atoms with van der Waals surface area (Å²) < 4.78 is 0. The Morgan fingerprint density at radius 3 is 2.00 bits per heavy atom. The van der Waals surface area contributed by atoms with Crippen molar-refractivity contribution in [3.63, 3.8) is 0 Å². The third kappa shape index (κ3) is 4.23. The molecule has 0 aromatic carbocycles. The van der Waals surface area contributed by atoms with Crippen LogP contribution >= 0.6 is 0 Å². The number of hydrogen-bond acceptors (Lipinski definition) is 0. The first kappa shape index (κ1) is 10.7. The van der Waals surface area contributed by atoms with E-state index >= 15 is 0 Å². The van der Waals surface area contributed by atoms with Gasteiger partial charge in [-0.15, -0.1) is 0 Å². The van der Waals surface area contributed by atoms with Crippen LogP contribution in [0.5, 0.6) is 0 Å². The fraction of sp³-hybridized carbons (Fsp3) is 0.818. The van der Waals surface area contributed by atoms with Gasteiger partial charge in [-0.2, -0.15) is 0 Å². The zero-order valence-electron chi connectivity index (χ0n) is 8.70. The van der Waals surface area contributed by atoms with Gasteiger partial charge in [0, 0.05) is 0 Å². The molecule has 66 valence electrons. The second-order valence-corrected chi connectivity index (χ2v) is 4.12. The Morgan fingerprint density at radius 2 is 1.73 bits per heavy atom. The summed E-state index contributed by atoms with van der Waals surface area (Å²) in [5.74, 6) is 0. The molecule has 0 nitrogen and oxygen atoms in total. The molecule has 0 spiro atoms. The normalized spacial score (nSPS) is 13.7. The third-order valence-electron chi connectivity index (χ3n) is 2.02. The smallest absolute Gasteiger partial charge is 0.0173 e. The molecule has 0 aliphatic carbocycles. The molecular formula is C11H22. The van der Waals surface area contributed by atoms with E-state index < -0.39 is 0 Å². The van der Waals surface area contributed by atoms with E-state index in [0.717, 1.165) is 0 Å². The quantitative estimate of drug-likeness (QED) is 0.535. The lowest BCUT2D eigenvalue weighted by atomic mass is 9.84. The molecule has 0 aliphatic rings. The van der Waals surface area contributed by atoms with Crippen LogP contribution in [0.25, 0.3) is 0 Å². The van der Waals surface area contributed by atoms with Crippen molar-refractivity contribution in [3.05, 3.63) is 11.6 Å². The van der Waals surface area contributed by atoms with Crippen molar-refractivity contribution in [1.82, 2.24) is 0 Å². The van der Waals surface area contributed by atoms with Crippen molar-refractivity contribution < 1.29 is 0 Å². The maximum absolute atomic E-state index is 2.40. The van der Waals surface area contributed by atoms with Crippen molar-refractivity contribution in [1.29, 1.82) is 0 Å². The van der Waals surface area contributed by atoms with Gasteiger partial charge in [-0.3, -0.25) is 0 Å². The fourth-order valence-corrected chi connectivity index (χ4v) is 1.30. The second-order valence-electron chi connectivity index (χ2n) is 4.12. The van der Waals surface area contributed by atoms with Gasteiger partial charge in [-0.25, -0.2) is 0 Å². The van der Waals surface area contributed by atoms with E-state index in [4.69, 9.17) is 0 Å². The van der Waals surface area contributed by atoms with Crippen LogP contribution in [0.3, 0.4) is 0 Å². The lowest BCUT2D eigenvalue weighted by Crippen LogP contribution is -2.08. The zero-order valence-corrected chi connectivity index (χ0v) is 8.70. The number of hydrogen-bond donors (Lipinski definition) is 0. The molecule has 0 bridgehead atoms. The van der Waals surface area contributed by atoms with Crippen LogP contribution in [0.2, 0.25) is 0 Å². The molecule has 0 amide bonds.